The number of carboxylic acid groups (broad SMARTS) is 1. The Kier molecular flexibility index (Phi) is 4.71. The fraction of sp³-hybridized carbons (Fsp3) is 0.400. The second-order valence-electron chi connectivity index (χ2n) is 5.83. The maximum absolute atomic E-state index is 13.7. The number of ether oxygens (including phenoxy) is 2. The van der Waals surface area contributed by atoms with Gasteiger partial charge >= 0.3 is 5.97 Å². The number of halogens is 3. The molecule has 1 fully saturated rings. The second-order valence-corrected chi connectivity index (χ2v) is 7.70. The first-order valence-electron chi connectivity index (χ1n) is 7.54. The van der Waals surface area contributed by atoms with Crippen LogP contribution in [0.2, 0.25) is 0 Å². The third-order valence-corrected chi connectivity index (χ3v) is 5.85. The molecule has 0 saturated carbocycles. The molecule has 0 radical (unpaired) electrons. The van der Waals surface area contributed by atoms with E-state index in [1.807, 2.05) is 0 Å². The monoisotopic (exact) mass is 393 g/mol. The molecule has 11 heteroatoms. The number of aliphatic carboxylic acids is 1. The lowest BCUT2D eigenvalue weighted by Gasteiger charge is -2.32. The number of hydrogen-bond donors (Lipinski definition) is 2. The van der Waals surface area contributed by atoms with E-state index < -0.39 is 55.7 Å². The molecule has 2 N–H and O–H groups in total. The highest BCUT2D eigenvalue weighted by molar-refractivity contribution is 7.93. The zero-order chi connectivity index (χ0) is 19.1. The van der Waals surface area contributed by atoms with Crippen LogP contribution >= 0.6 is 0 Å². The van der Waals surface area contributed by atoms with Gasteiger partial charge in [-0.1, -0.05) is 0 Å². The van der Waals surface area contributed by atoms with Crippen molar-refractivity contribution in [2.75, 3.05) is 17.9 Å². The SMILES string of the molecule is O=C(O)C1=CC2(CCC1S(=O)(=O)Nc1c(F)cc(F)cc1F)OCCO2. The summed E-state index contributed by atoms with van der Waals surface area (Å²) < 4.78 is 77.9. The predicted molar refractivity (Wildman–Crippen MR) is 82.2 cm³/mol. The van der Waals surface area contributed by atoms with Crippen molar-refractivity contribution in [1.29, 1.82) is 0 Å². The van der Waals surface area contributed by atoms with E-state index in [4.69, 9.17) is 9.47 Å². The first-order valence-corrected chi connectivity index (χ1v) is 9.08. The highest BCUT2D eigenvalue weighted by atomic mass is 32.2. The van der Waals surface area contributed by atoms with E-state index in [0.717, 1.165) is 6.08 Å². The van der Waals surface area contributed by atoms with Gasteiger partial charge in [0.1, 0.15) is 16.8 Å². The molecule has 1 saturated heterocycles. The van der Waals surface area contributed by atoms with Crippen LogP contribution < -0.4 is 4.72 Å². The minimum atomic E-state index is -4.55. The highest BCUT2D eigenvalue weighted by Gasteiger charge is 2.46. The van der Waals surface area contributed by atoms with E-state index in [-0.39, 0.29) is 26.1 Å². The molecule has 1 atom stereocenters. The van der Waals surface area contributed by atoms with Gasteiger partial charge in [-0.15, -0.1) is 0 Å². The number of nitrogens with one attached hydrogen (secondary N) is 1. The van der Waals surface area contributed by atoms with Crippen LogP contribution in [0.3, 0.4) is 0 Å². The molecule has 1 aliphatic carbocycles. The smallest absolute Gasteiger partial charge is 0.332 e. The van der Waals surface area contributed by atoms with Crippen molar-refractivity contribution in [2.45, 2.75) is 23.9 Å². The van der Waals surface area contributed by atoms with E-state index in [1.54, 1.807) is 4.72 Å². The average Bonchev–Trinajstić information content (AvgIpc) is 2.98. The van der Waals surface area contributed by atoms with E-state index in [0.29, 0.717) is 12.1 Å². The van der Waals surface area contributed by atoms with Crippen LogP contribution in [0.25, 0.3) is 0 Å². The molecule has 2 aliphatic rings. The standard InChI is InChI=1S/C15H14F3NO6S/c16-8-5-10(17)13(11(18)6-8)19-26(22,23)12-1-2-15(24-3-4-25-15)7-9(12)14(20)21/h5-7,12,19H,1-4H2,(H,20,21). The topological polar surface area (TPSA) is 102 Å². The van der Waals surface area contributed by atoms with Crippen molar-refractivity contribution in [1.82, 2.24) is 0 Å². The first kappa shape index (κ1) is 18.7. The summed E-state index contributed by atoms with van der Waals surface area (Å²) in [5.74, 6) is -6.97. The predicted octanol–water partition coefficient (Wildman–Crippen LogP) is 1.76. The lowest BCUT2D eigenvalue weighted by atomic mass is 9.94. The quantitative estimate of drug-likeness (QED) is 0.808. The summed E-state index contributed by atoms with van der Waals surface area (Å²) in [6.07, 6.45) is 0.898. The number of carboxylic acids is 1. The normalized spacial score (nSPS) is 22.3. The molecular formula is C15H14F3NO6S. The highest BCUT2D eigenvalue weighted by Crippen LogP contribution is 2.37. The van der Waals surface area contributed by atoms with Gasteiger partial charge in [-0.25, -0.2) is 26.4 Å². The molecule has 1 aromatic rings. The van der Waals surface area contributed by atoms with Crippen LogP contribution in [-0.4, -0.2) is 43.7 Å². The average molecular weight is 393 g/mol. The van der Waals surface area contributed by atoms with Crippen LogP contribution in [0.15, 0.2) is 23.8 Å². The fourth-order valence-corrected chi connectivity index (χ4v) is 4.52. The third kappa shape index (κ3) is 3.41. The summed E-state index contributed by atoms with van der Waals surface area (Å²) in [6, 6.07) is 0.621. The molecule has 0 amide bonds. The zero-order valence-electron chi connectivity index (χ0n) is 13.2. The number of sulfonamides is 1. The Labute approximate surface area is 146 Å². The molecule has 1 spiro atoms. The summed E-state index contributed by atoms with van der Waals surface area (Å²) >= 11 is 0. The molecule has 1 aromatic carbocycles. The summed E-state index contributed by atoms with van der Waals surface area (Å²) in [6.45, 7) is 0.454. The van der Waals surface area contributed by atoms with Gasteiger partial charge in [-0.2, -0.15) is 0 Å². The lowest BCUT2D eigenvalue weighted by Crippen LogP contribution is -2.42. The van der Waals surface area contributed by atoms with Crippen molar-refractivity contribution < 1.29 is 41.0 Å². The Morgan fingerprint density at radius 3 is 2.31 bits per heavy atom. The minimum absolute atomic E-state index is 0.0454. The van der Waals surface area contributed by atoms with Crippen molar-refractivity contribution in [3.63, 3.8) is 0 Å². The largest absolute Gasteiger partial charge is 0.478 e. The Bertz CT molecular complexity index is 856. The van der Waals surface area contributed by atoms with Crippen molar-refractivity contribution in [3.8, 4) is 0 Å². The zero-order valence-corrected chi connectivity index (χ0v) is 14.0. The molecule has 7 nitrogen and oxygen atoms in total. The van der Waals surface area contributed by atoms with Crippen LogP contribution in [-0.2, 0) is 24.3 Å². The maximum Gasteiger partial charge on any atom is 0.332 e. The molecule has 0 aromatic heterocycles. The number of benzene rings is 1. The lowest BCUT2D eigenvalue weighted by molar-refractivity contribution is -0.138. The van der Waals surface area contributed by atoms with E-state index in [1.165, 1.54) is 0 Å². The van der Waals surface area contributed by atoms with E-state index in [9.17, 15) is 31.5 Å². The Balaban J connectivity index is 1.95. The molecule has 26 heavy (non-hydrogen) atoms. The number of hydrogen-bond acceptors (Lipinski definition) is 5. The molecule has 1 unspecified atom stereocenters. The van der Waals surface area contributed by atoms with Gasteiger partial charge in [0, 0.05) is 18.6 Å². The Hall–Kier alpha value is -2.11. The molecular weight excluding hydrogens is 379 g/mol. The van der Waals surface area contributed by atoms with Crippen LogP contribution in [0.5, 0.6) is 0 Å². The molecule has 0 bridgehead atoms. The van der Waals surface area contributed by atoms with E-state index in [2.05, 4.69) is 0 Å². The van der Waals surface area contributed by atoms with E-state index >= 15 is 0 Å². The van der Waals surface area contributed by atoms with Gasteiger partial charge in [-0.05, 0) is 12.5 Å². The van der Waals surface area contributed by atoms with Gasteiger partial charge in [-0.3, -0.25) is 4.72 Å². The second kappa shape index (κ2) is 6.56. The van der Waals surface area contributed by atoms with Crippen LogP contribution in [0.4, 0.5) is 18.9 Å². The number of anilines is 1. The number of carbonyl (C=O) groups is 1. The van der Waals surface area contributed by atoms with Gasteiger partial charge in [0.2, 0.25) is 10.0 Å². The van der Waals surface area contributed by atoms with Gasteiger partial charge < -0.3 is 14.6 Å². The fourth-order valence-electron chi connectivity index (χ4n) is 2.96. The summed E-state index contributed by atoms with van der Waals surface area (Å²) in [7, 11) is -4.55. The summed E-state index contributed by atoms with van der Waals surface area (Å²) in [5, 5.41) is 7.76. The number of rotatable bonds is 4. The van der Waals surface area contributed by atoms with Gasteiger partial charge in [0.05, 0.1) is 18.8 Å². The molecule has 3 rings (SSSR count). The summed E-state index contributed by atoms with van der Waals surface area (Å²) in [4.78, 5) is 11.5. The van der Waals surface area contributed by atoms with Gasteiger partial charge in [0.25, 0.3) is 0 Å². The molecule has 1 heterocycles. The van der Waals surface area contributed by atoms with Crippen molar-refractivity contribution in [2.24, 2.45) is 0 Å². The summed E-state index contributed by atoms with van der Waals surface area (Å²) in [5.41, 5.74) is -1.61. The van der Waals surface area contributed by atoms with Crippen molar-refractivity contribution >= 4 is 21.7 Å². The molecule has 1 aliphatic heterocycles. The van der Waals surface area contributed by atoms with Crippen LogP contribution in [0.1, 0.15) is 12.8 Å². The third-order valence-electron chi connectivity index (χ3n) is 4.13. The molecule has 142 valence electrons. The first-order chi connectivity index (χ1) is 12.1. The maximum atomic E-state index is 13.7. The minimum Gasteiger partial charge on any atom is -0.478 e. The van der Waals surface area contributed by atoms with Crippen molar-refractivity contribution in [3.05, 3.63) is 41.2 Å². The van der Waals surface area contributed by atoms with Gasteiger partial charge in [0.15, 0.2) is 17.4 Å². The Morgan fingerprint density at radius 2 is 1.77 bits per heavy atom. The van der Waals surface area contributed by atoms with Crippen LogP contribution in [0, 0.1) is 17.5 Å². The Morgan fingerprint density at radius 1 is 1.19 bits per heavy atom.